The molecule has 4 heteroatoms. The summed E-state index contributed by atoms with van der Waals surface area (Å²) in [4.78, 5) is 2.28. The SMILES string of the molecule is N#Cc1ccc([C@H](CO)N2CCNCC2)cc1. The zero-order valence-electron chi connectivity index (χ0n) is 9.76. The summed E-state index contributed by atoms with van der Waals surface area (Å²) in [6, 6.07) is 9.63. The van der Waals surface area contributed by atoms with E-state index in [4.69, 9.17) is 5.26 Å². The highest BCUT2D eigenvalue weighted by Gasteiger charge is 2.21. The van der Waals surface area contributed by atoms with Gasteiger partial charge in [0.25, 0.3) is 0 Å². The molecule has 1 saturated heterocycles. The minimum Gasteiger partial charge on any atom is -0.394 e. The van der Waals surface area contributed by atoms with Crippen molar-refractivity contribution in [2.24, 2.45) is 0 Å². The molecule has 1 fully saturated rings. The number of benzene rings is 1. The summed E-state index contributed by atoms with van der Waals surface area (Å²) in [6.07, 6.45) is 0. The first kappa shape index (κ1) is 12.1. The Morgan fingerprint density at radius 3 is 2.47 bits per heavy atom. The first-order valence-corrected chi connectivity index (χ1v) is 5.91. The predicted octanol–water partition coefficient (Wildman–Crippen LogP) is 0.497. The average Bonchev–Trinajstić information content (AvgIpc) is 2.42. The number of hydrogen-bond acceptors (Lipinski definition) is 4. The normalized spacial score (nSPS) is 18.6. The molecule has 0 aliphatic carbocycles. The Kier molecular flexibility index (Phi) is 4.10. The van der Waals surface area contributed by atoms with Crippen molar-refractivity contribution in [3.05, 3.63) is 35.4 Å². The van der Waals surface area contributed by atoms with Gasteiger partial charge in [0.1, 0.15) is 0 Å². The number of piperazine rings is 1. The molecule has 2 rings (SSSR count). The molecular weight excluding hydrogens is 214 g/mol. The molecule has 0 amide bonds. The lowest BCUT2D eigenvalue weighted by Crippen LogP contribution is -2.46. The molecule has 0 aromatic heterocycles. The van der Waals surface area contributed by atoms with Gasteiger partial charge in [0, 0.05) is 26.2 Å². The van der Waals surface area contributed by atoms with E-state index in [0.29, 0.717) is 5.56 Å². The highest BCUT2D eigenvalue weighted by atomic mass is 16.3. The van der Waals surface area contributed by atoms with Gasteiger partial charge in [-0.05, 0) is 17.7 Å². The quantitative estimate of drug-likeness (QED) is 0.795. The lowest BCUT2D eigenvalue weighted by Gasteiger charge is -2.34. The van der Waals surface area contributed by atoms with E-state index >= 15 is 0 Å². The van der Waals surface area contributed by atoms with Crippen LogP contribution in [0, 0.1) is 11.3 Å². The van der Waals surface area contributed by atoms with Gasteiger partial charge in [-0.15, -0.1) is 0 Å². The minimum absolute atomic E-state index is 0.0462. The summed E-state index contributed by atoms with van der Waals surface area (Å²) in [5, 5.41) is 21.6. The van der Waals surface area contributed by atoms with Crippen LogP contribution in [0.2, 0.25) is 0 Å². The summed E-state index contributed by atoms with van der Waals surface area (Å²) in [5.74, 6) is 0. The first-order chi connectivity index (χ1) is 8.35. The van der Waals surface area contributed by atoms with Crippen molar-refractivity contribution < 1.29 is 5.11 Å². The molecule has 2 N–H and O–H groups in total. The second-order valence-electron chi connectivity index (χ2n) is 4.22. The van der Waals surface area contributed by atoms with Gasteiger partial charge in [-0.2, -0.15) is 5.26 Å². The van der Waals surface area contributed by atoms with E-state index in [-0.39, 0.29) is 12.6 Å². The van der Waals surface area contributed by atoms with Gasteiger partial charge in [-0.1, -0.05) is 12.1 Å². The van der Waals surface area contributed by atoms with Crippen molar-refractivity contribution in [3.8, 4) is 6.07 Å². The molecule has 0 unspecified atom stereocenters. The van der Waals surface area contributed by atoms with Crippen LogP contribution in [-0.2, 0) is 0 Å². The van der Waals surface area contributed by atoms with Crippen molar-refractivity contribution in [3.63, 3.8) is 0 Å². The largest absolute Gasteiger partial charge is 0.394 e. The number of hydrogen-bond donors (Lipinski definition) is 2. The third-order valence-electron chi connectivity index (χ3n) is 3.19. The van der Waals surface area contributed by atoms with E-state index < -0.39 is 0 Å². The molecule has 1 heterocycles. The lowest BCUT2D eigenvalue weighted by atomic mass is 10.0. The maximum Gasteiger partial charge on any atom is 0.0991 e. The van der Waals surface area contributed by atoms with Crippen LogP contribution in [0.1, 0.15) is 17.2 Å². The van der Waals surface area contributed by atoms with Crippen LogP contribution in [0.25, 0.3) is 0 Å². The number of nitrogens with zero attached hydrogens (tertiary/aromatic N) is 2. The zero-order valence-corrected chi connectivity index (χ0v) is 9.76. The number of aliphatic hydroxyl groups is 1. The zero-order chi connectivity index (χ0) is 12.1. The summed E-state index contributed by atoms with van der Waals surface area (Å²) in [5.41, 5.74) is 1.74. The minimum atomic E-state index is 0.0462. The highest BCUT2D eigenvalue weighted by molar-refractivity contribution is 5.33. The number of nitriles is 1. The molecule has 0 radical (unpaired) electrons. The van der Waals surface area contributed by atoms with Crippen LogP contribution in [0.5, 0.6) is 0 Å². The molecule has 0 bridgehead atoms. The Hall–Kier alpha value is -1.41. The second-order valence-corrected chi connectivity index (χ2v) is 4.22. The summed E-state index contributed by atoms with van der Waals surface area (Å²) >= 11 is 0. The molecule has 90 valence electrons. The molecule has 1 aromatic rings. The molecule has 1 aliphatic heterocycles. The molecule has 0 spiro atoms. The van der Waals surface area contributed by atoms with Crippen LogP contribution in [0.4, 0.5) is 0 Å². The van der Waals surface area contributed by atoms with Gasteiger partial charge in [0.2, 0.25) is 0 Å². The Labute approximate surface area is 101 Å². The molecule has 0 saturated carbocycles. The third-order valence-corrected chi connectivity index (χ3v) is 3.19. The number of aliphatic hydroxyl groups excluding tert-OH is 1. The van der Waals surface area contributed by atoms with Crippen LogP contribution < -0.4 is 5.32 Å². The number of nitrogens with one attached hydrogen (secondary N) is 1. The van der Waals surface area contributed by atoms with Crippen molar-refractivity contribution in [2.45, 2.75) is 6.04 Å². The Bertz CT molecular complexity index is 390. The van der Waals surface area contributed by atoms with Crippen LogP contribution in [0.3, 0.4) is 0 Å². The lowest BCUT2D eigenvalue weighted by molar-refractivity contribution is 0.111. The third kappa shape index (κ3) is 2.83. The first-order valence-electron chi connectivity index (χ1n) is 5.91. The van der Waals surface area contributed by atoms with Crippen LogP contribution >= 0.6 is 0 Å². The summed E-state index contributed by atoms with van der Waals surface area (Å²) in [6.45, 7) is 3.95. The smallest absolute Gasteiger partial charge is 0.0991 e. The fraction of sp³-hybridized carbons (Fsp3) is 0.462. The van der Waals surface area contributed by atoms with Gasteiger partial charge in [-0.25, -0.2) is 0 Å². The number of rotatable bonds is 3. The molecule has 17 heavy (non-hydrogen) atoms. The standard InChI is InChI=1S/C13H17N3O/c14-9-11-1-3-12(4-2-11)13(10-17)16-7-5-15-6-8-16/h1-4,13,15,17H,5-8,10H2/t13-/m0/s1. The molecule has 1 aliphatic rings. The van der Waals surface area contributed by atoms with Crippen LogP contribution in [-0.4, -0.2) is 42.8 Å². The van der Waals surface area contributed by atoms with Gasteiger partial charge >= 0.3 is 0 Å². The van der Waals surface area contributed by atoms with E-state index in [1.165, 1.54) is 0 Å². The molecule has 1 aromatic carbocycles. The fourth-order valence-electron chi connectivity index (χ4n) is 2.21. The summed E-state index contributed by atoms with van der Waals surface area (Å²) in [7, 11) is 0. The van der Waals surface area contributed by atoms with Crippen LogP contribution in [0.15, 0.2) is 24.3 Å². The van der Waals surface area contributed by atoms with Crippen molar-refractivity contribution in [1.82, 2.24) is 10.2 Å². The monoisotopic (exact) mass is 231 g/mol. The fourth-order valence-corrected chi connectivity index (χ4v) is 2.21. The maximum absolute atomic E-state index is 9.53. The Morgan fingerprint density at radius 2 is 1.94 bits per heavy atom. The Morgan fingerprint density at radius 1 is 1.29 bits per heavy atom. The van der Waals surface area contributed by atoms with Gasteiger partial charge in [-0.3, -0.25) is 4.90 Å². The summed E-state index contributed by atoms with van der Waals surface area (Å²) < 4.78 is 0. The highest BCUT2D eigenvalue weighted by Crippen LogP contribution is 2.20. The van der Waals surface area contributed by atoms with Gasteiger partial charge in [0.15, 0.2) is 0 Å². The molecular formula is C13H17N3O. The van der Waals surface area contributed by atoms with E-state index in [1.807, 2.05) is 12.1 Å². The average molecular weight is 231 g/mol. The van der Waals surface area contributed by atoms with Crippen molar-refractivity contribution in [2.75, 3.05) is 32.8 Å². The Balaban J connectivity index is 2.13. The van der Waals surface area contributed by atoms with Crippen molar-refractivity contribution >= 4 is 0 Å². The van der Waals surface area contributed by atoms with Gasteiger partial charge in [0.05, 0.1) is 24.3 Å². The molecule has 1 atom stereocenters. The molecule has 4 nitrogen and oxygen atoms in total. The van der Waals surface area contributed by atoms with Gasteiger partial charge < -0.3 is 10.4 Å². The maximum atomic E-state index is 9.53. The van der Waals surface area contributed by atoms with Crippen molar-refractivity contribution in [1.29, 1.82) is 5.26 Å². The topological polar surface area (TPSA) is 59.3 Å². The van der Waals surface area contributed by atoms with E-state index in [0.717, 1.165) is 31.7 Å². The second kappa shape index (κ2) is 5.78. The van der Waals surface area contributed by atoms with E-state index in [2.05, 4.69) is 16.3 Å². The van der Waals surface area contributed by atoms with E-state index in [1.54, 1.807) is 12.1 Å². The predicted molar refractivity (Wildman–Crippen MR) is 65.4 cm³/mol. The van der Waals surface area contributed by atoms with E-state index in [9.17, 15) is 5.11 Å².